The van der Waals surface area contributed by atoms with Crippen molar-refractivity contribution in [2.24, 2.45) is 0 Å². The van der Waals surface area contributed by atoms with Crippen molar-refractivity contribution < 1.29 is 31.4 Å². The van der Waals surface area contributed by atoms with Crippen LogP contribution in [0.4, 0.5) is 23.0 Å². The topological polar surface area (TPSA) is 36.3 Å². The molecule has 3 aromatic carbocycles. The quantitative estimate of drug-likeness (QED) is 0.314. The Morgan fingerprint density at radius 3 is 2.12 bits per heavy atom. The predicted molar refractivity (Wildman–Crippen MR) is 123 cm³/mol. The van der Waals surface area contributed by atoms with Crippen LogP contribution in [0.1, 0.15) is 18.1 Å². The van der Waals surface area contributed by atoms with Gasteiger partial charge < -0.3 is 26.4 Å². The summed E-state index contributed by atoms with van der Waals surface area (Å²) in [4.78, 5) is 3.57. The maximum Gasteiger partial charge on any atom is 0.673 e. The van der Waals surface area contributed by atoms with Gasteiger partial charge in [0.25, 0.3) is 0 Å². The summed E-state index contributed by atoms with van der Waals surface area (Å²) in [5.74, 6) is 1.71. The standard InChI is InChI=1S/C25H23NO2.BF4/c1-4-27-21-12-10-20(11-13-21)26-22-16-23(19-8-6-5-7-9-19)28-24-15-17(2)14-18(3)25(22)24;2-1(3,4)5/h5-16H,4H2,1-3H3;/q;-1/p+1. The van der Waals surface area contributed by atoms with E-state index in [0.717, 1.165) is 39.1 Å². The van der Waals surface area contributed by atoms with Crippen molar-refractivity contribution in [3.8, 4) is 17.1 Å². The lowest BCUT2D eigenvalue weighted by atomic mass is 10.0. The Bertz CT molecular complexity index is 1280. The van der Waals surface area contributed by atoms with Crippen LogP contribution in [-0.2, 0) is 0 Å². The largest absolute Gasteiger partial charge is 0.673 e. The molecule has 3 nitrogen and oxygen atoms in total. The number of nitrogens with one attached hydrogen (secondary N) is 1. The van der Waals surface area contributed by atoms with Crippen LogP contribution in [-0.4, -0.2) is 13.9 Å². The maximum atomic E-state index is 9.75. The second kappa shape index (κ2) is 10.4. The van der Waals surface area contributed by atoms with Gasteiger partial charge in [0.2, 0.25) is 11.0 Å². The molecule has 33 heavy (non-hydrogen) atoms. The summed E-state index contributed by atoms with van der Waals surface area (Å²) in [5, 5.41) is 2.13. The third kappa shape index (κ3) is 6.97. The van der Waals surface area contributed by atoms with Gasteiger partial charge in [-0.25, -0.2) is 4.99 Å². The smallest absolute Gasteiger partial charge is 0.494 e. The van der Waals surface area contributed by atoms with E-state index in [2.05, 4.69) is 49.2 Å². The average molecular weight is 457 g/mol. The fraction of sp³-hybridized carbons (Fsp3) is 0.160. The van der Waals surface area contributed by atoms with Crippen molar-refractivity contribution in [2.45, 2.75) is 20.8 Å². The summed E-state index contributed by atoms with van der Waals surface area (Å²) >= 11 is 0. The lowest BCUT2D eigenvalue weighted by molar-refractivity contribution is -0.400. The summed E-state index contributed by atoms with van der Waals surface area (Å²) < 4.78 is 50.8. The van der Waals surface area contributed by atoms with Crippen LogP contribution in [0.25, 0.3) is 22.3 Å². The van der Waals surface area contributed by atoms with Crippen molar-refractivity contribution in [3.05, 3.63) is 89.3 Å². The summed E-state index contributed by atoms with van der Waals surface area (Å²) in [6.07, 6.45) is 0. The molecule has 172 valence electrons. The van der Waals surface area contributed by atoms with E-state index in [1.54, 1.807) is 0 Å². The van der Waals surface area contributed by atoms with E-state index < -0.39 is 7.25 Å². The van der Waals surface area contributed by atoms with E-state index in [0.29, 0.717) is 6.61 Å². The summed E-state index contributed by atoms with van der Waals surface area (Å²) in [7, 11) is -6.00. The van der Waals surface area contributed by atoms with Gasteiger partial charge in [-0.2, -0.15) is 0 Å². The molecule has 0 unspecified atom stereocenters. The zero-order chi connectivity index (χ0) is 24.0. The molecule has 8 heteroatoms. The molecule has 1 heterocycles. The lowest BCUT2D eigenvalue weighted by Gasteiger charge is -2.06. The first-order valence-electron chi connectivity index (χ1n) is 10.4. The van der Waals surface area contributed by atoms with Crippen molar-refractivity contribution in [1.82, 2.24) is 0 Å². The van der Waals surface area contributed by atoms with Gasteiger partial charge in [0.05, 0.1) is 18.1 Å². The van der Waals surface area contributed by atoms with Crippen LogP contribution < -0.4 is 15.1 Å². The summed E-state index contributed by atoms with van der Waals surface area (Å²) in [6, 6.07) is 24.6. The lowest BCUT2D eigenvalue weighted by Crippen LogP contribution is -2.70. The molecule has 1 N–H and O–H groups in total. The summed E-state index contributed by atoms with van der Waals surface area (Å²) in [6.45, 7) is 6.87. The Morgan fingerprint density at radius 1 is 0.879 bits per heavy atom. The molecular weight excluding hydrogens is 433 g/mol. The van der Waals surface area contributed by atoms with Crippen LogP contribution in [0, 0.1) is 13.8 Å². The van der Waals surface area contributed by atoms with E-state index in [9.17, 15) is 17.3 Å². The van der Waals surface area contributed by atoms with Crippen molar-refractivity contribution in [2.75, 3.05) is 6.61 Å². The number of ether oxygens (including phenoxy) is 1. The Hall–Kier alpha value is -3.55. The minimum Gasteiger partial charge on any atom is -0.494 e. The Labute approximate surface area is 189 Å². The fourth-order valence-electron chi connectivity index (χ4n) is 3.51. The molecule has 0 saturated carbocycles. The van der Waals surface area contributed by atoms with Gasteiger partial charge >= 0.3 is 7.25 Å². The van der Waals surface area contributed by atoms with Crippen molar-refractivity contribution in [3.63, 3.8) is 0 Å². The molecule has 0 aliphatic rings. The van der Waals surface area contributed by atoms with Gasteiger partial charge in [-0.15, -0.1) is 0 Å². The van der Waals surface area contributed by atoms with E-state index in [1.807, 2.05) is 49.4 Å². The minimum atomic E-state index is -6.00. The number of halogens is 4. The first-order chi connectivity index (χ1) is 15.6. The first-order valence-corrected chi connectivity index (χ1v) is 10.4. The molecule has 0 fully saturated rings. The summed E-state index contributed by atoms with van der Waals surface area (Å²) in [5.41, 5.74) is 5.32. The molecule has 1 aromatic heterocycles. The third-order valence-electron chi connectivity index (χ3n) is 4.71. The zero-order valence-electron chi connectivity index (χ0n) is 18.5. The van der Waals surface area contributed by atoms with E-state index in [4.69, 9.17) is 9.15 Å². The van der Waals surface area contributed by atoms with Gasteiger partial charge in [0.15, 0.2) is 0 Å². The molecule has 0 amide bonds. The second-order valence-electron chi connectivity index (χ2n) is 7.42. The molecule has 0 aliphatic carbocycles. The number of aryl methyl sites for hydroxylation is 2. The Balaban J connectivity index is 0.000000555. The first kappa shape index (κ1) is 24.1. The van der Waals surface area contributed by atoms with Gasteiger partial charge in [-0.05, 0) is 50.1 Å². The number of hydrogen-bond donors (Lipinski definition) is 1. The van der Waals surface area contributed by atoms with Crippen molar-refractivity contribution in [1.29, 1.82) is 0 Å². The van der Waals surface area contributed by atoms with Gasteiger partial charge in [0, 0.05) is 17.7 Å². The highest BCUT2D eigenvalue weighted by Crippen LogP contribution is 2.24. The third-order valence-corrected chi connectivity index (χ3v) is 4.71. The second-order valence-corrected chi connectivity index (χ2v) is 7.42. The van der Waals surface area contributed by atoms with E-state index >= 15 is 0 Å². The van der Waals surface area contributed by atoms with Crippen LogP contribution in [0.3, 0.4) is 0 Å². The monoisotopic (exact) mass is 457 g/mol. The van der Waals surface area contributed by atoms with Crippen LogP contribution in [0.2, 0.25) is 0 Å². The average Bonchev–Trinajstić information content (AvgIpc) is 2.74. The number of fused-ring (bicyclic) bond motifs is 1. The molecule has 0 radical (unpaired) electrons. The molecule has 0 bridgehead atoms. The Kier molecular flexibility index (Phi) is 7.58. The predicted octanol–water partition coefficient (Wildman–Crippen LogP) is 5.73. The highest BCUT2D eigenvalue weighted by molar-refractivity contribution is 6.50. The zero-order valence-corrected chi connectivity index (χ0v) is 18.5. The van der Waals surface area contributed by atoms with E-state index in [-0.39, 0.29) is 0 Å². The van der Waals surface area contributed by atoms with Gasteiger partial charge in [-0.3, -0.25) is 0 Å². The highest BCUT2D eigenvalue weighted by Gasteiger charge is 2.20. The van der Waals surface area contributed by atoms with Crippen LogP contribution in [0.5, 0.6) is 5.75 Å². The molecule has 4 rings (SSSR count). The highest BCUT2D eigenvalue weighted by atomic mass is 19.5. The number of benzene rings is 3. The molecular formula is C25H24BF4NO2. The fourth-order valence-corrected chi connectivity index (χ4v) is 3.51. The van der Waals surface area contributed by atoms with Gasteiger partial charge in [0.1, 0.15) is 17.1 Å². The van der Waals surface area contributed by atoms with Crippen LogP contribution >= 0.6 is 0 Å². The van der Waals surface area contributed by atoms with Crippen LogP contribution in [0.15, 0.2) is 77.2 Å². The molecule has 0 spiro atoms. The normalized spacial score (nSPS) is 11.8. The van der Waals surface area contributed by atoms with Crippen molar-refractivity contribution >= 4 is 23.9 Å². The number of hydrogen-bond acceptors (Lipinski definition) is 2. The molecule has 4 aromatic rings. The molecule has 0 aliphatic heterocycles. The number of rotatable bonds is 4. The van der Waals surface area contributed by atoms with Gasteiger partial charge in [-0.1, -0.05) is 36.4 Å². The maximum absolute atomic E-state index is 9.75. The minimum absolute atomic E-state index is 0.663. The van der Waals surface area contributed by atoms with E-state index in [1.165, 1.54) is 11.1 Å². The molecule has 0 atom stereocenters. The SMILES string of the molecule is CCOc1ccc([NH+]=c2cc(-c3ccccc3)oc3cc(C)cc(C)c23)cc1.F[B-](F)(F)F. The Morgan fingerprint density at radius 2 is 1.52 bits per heavy atom. The molecule has 0 saturated heterocycles.